The lowest BCUT2D eigenvalue weighted by atomic mass is 10.1. The molecule has 126 valence electrons. The van der Waals surface area contributed by atoms with Gasteiger partial charge >= 0.3 is 0 Å². The van der Waals surface area contributed by atoms with Crippen molar-refractivity contribution in [3.05, 3.63) is 59.3 Å². The largest absolute Gasteiger partial charge is 0.382 e. The second-order valence-corrected chi connectivity index (χ2v) is 6.80. The summed E-state index contributed by atoms with van der Waals surface area (Å²) in [7, 11) is 0. The Labute approximate surface area is 152 Å². The van der Waals surface area contributed by atoms with Crippen LogP contribution in [0.4, 0.5) is 5.82 Å². The molecule has 0 amide bonds. The Kier molecular flexibility index (Phi) is 5.52. The molecule has 0 unspecified atom stereocenters. The van der Waals surface area contributed by atoms with Gasteiger partial charge in [0.15, 0.2) is 5.16 Å². The normalized spacial score (nSPS) is 10.7. The van der Waals surface area contributed by atoms with Gasteiger partial charge in [-0.15, -0.1) is 0 Å². The summed E-state index contributed by atoms with van der Waals surface area (Å²) in [6.45, 7) is 2.12. The van der Waals surface area contributed by atoms with Crippen LogP contribution < -0.4 is 5.73 Å². The van der Waals surface area contributed by atoms with Crippen molar-refractivity contribution in [2.75, 3.05) is 5.73 Å². The average Bonchev–Trinajstić information content (AvgIpc) is 2.64. The van der Waals surface area contributed by atoms with E-state index in [2.05, 4.69) is 59.4 Å². The number of benzene rings is 2. The van der Waals surface area contributed by atoms with E-state index in [-0.39, 0.29) is 5.82 Å². The number of aryl methyl sites for hydroxylation is 1. The summed E-state index contributed by atoms with van der Waals surface area (Å²) in [5.74, 6) is 1.05. The standard InChI is InChI=1S/C20H20N4S/c1-2-3-11-18-17(12-21)19(22)24-20(23-18)25-13-15-9-6-8-14-7-4-5-10-16(14)15/h4-10H,2-3,11,13H2,1H3,(H2,22,23,24). The number of nitrogens with two attached hydrogens (primary N) is 1. The Bertz CT molecular complexity index is 925. The van der Waals surface area contributed by atoms with Crippen molar-refractivity contribution in [3.8, 4) is 6.07 Å². The molecule has 4 nitrogen and oxygen atoms in total. The first kappa shape index (κ1) is 17.2. The lowest BCUT2D eigenvalue weighted by molar-refractivity contribution is 0.755. The van der Waals surface area contributed by atoms with Crippen LogP contribution in [-0.4, -0.2) is 9.97 Å². The number of thioether (sulfide) groups is 1. The summed E-state index contributed by atoms with van der Waals surface area (Å²) in [5, 5.41) is 12.4. The molecule has 3 rings (SSSR count). The molecule has 3 aromatic rings. The quantitative estimate of drug-likeness (QED) is 0.515. The molecule has 0 aliphatic rings. The fourth-order valence-electron chi connectivity index (χ4n) is 2.78. The van der Waals surface area contributed by atoms with E-state index in [4.69, 9.17) is 5.73 Å². The first-order valence-corrected chi connectivity index (χ1v) is 9.37. The molecule has 1 aromatic heterocycles. The average molecular weight is 348 g/mol. The third kappa shape index (κ3) is 3.92. The first-order valence-electron chi connectivity index (χ1n) is 8.39. The summed E-state index contributed by atoms with van der Waals surface area (Å²) < 4.78 is 0. The molecule has 0 saturated carbocycles. The predicted octanol–water partition coefficient (Wildman–Crippen LogP) is 4.72. The molecule has 0 aliphatic heterocycles. The highest BCUT2D eigenvalue weighted by molar-refractivity contribution is 7.98. The Morgan fingerprint density at radius 3 is 2.72 bits per heavy atom. The summed E-state index contributed by atoms with van der Waals surface area (Å²) >= 11 is 1.56. The molecule has 25 heavy (non-hydrogen) atoms. The van der Waals surface area contributed by atoms with Crippen molar-refractivity contribution < 1.29 is 0 Å². The lowest BCUT2D eigenvalue weighted by Gasteiger charge is -2.09. The van der Waals surface area contributed by atoms with Crippen LogP contribution in [0.25, 0.3) is 10.8 Å². The van der Waals surface area contributed by atoms with Gasteiger partial charge in [-0.05, 0) is 29.2 Å². The molecule has 0 radical (unpaired) electrons. The summed E-state index contributed by atoms with van der Waals surface area (Å²) in [6, 6.07) is 16.8. The summed E-state index contributed by atoms with van der Waals surface area (Å²) in [4.78, 5) is 8.90. The molecular weight excluding hydrogens is 328 g/mol. The molecule has 0 saturated heterocycles. The van der Waals surface area contributed by atoms with E-state index in [1.807, 2.05) is 6.07 Å². The molecule has 0 spiro atoms. The lowest BCUT2D eigenvalue weighted by Crippen LogP contribution is -2.05. The van der Waals surface area contributed by atoms with Crippen LogP contribution in [0.5, 0.6) is 0 Å². The second-order valence-electron chi connectivity index (χ2n) is 5.86. The van der Waals surface area contributed by atoms with Crippen LogP contribution in [0.1, 0.15) is 36.6 Å². The van der Waals surface area contributed by atoms with Crippen LogP contribution in [0, 0.1) is 11.3 Å². The fraction of sp³-hybridized carbons (Fsp3) is 0.250. The molecule has 1 heterocycles. The zero-order valence-corrected chi connectivity index (χ0v) is 15.0. The van der Waals surface area contributed by atoms with Gasteiger partial charge in [0.1, 0.15) is 17.5 Å². The third-order valence-electron chi connectivity index (χ3n) is 4.11. The molecule has 0 aliphatic carbocycles. The highest BCUT2D eigenvalue weighted by atomic mass is 32.2. The zero-order chi connectivity index (χ0) is 17.6. The number of hydrogen-bond donors (Lipinski definition) is 1. The number of nitriles is 1. The van der Waals surface area contributed by atoms with Crippen LogP contribution in [0.3, 0.4) is 0 Å². The predicted molar refractivity (Wildman–Crippen MR) is 103 cm³/mol. The maximum Gasteiger partial charge on any atom is 0.190 e. The Morgan fingerprint density at radius 2 is 1.92 bits per heavy atom. The number of anilines is 1. The number of aromatic nitrogens is 2. The minimum Gasteiger partial charge on any atom is -0.382 e. The topological polar surface area (TPSA) is 75.6 Å². The number of fused-ring (bicyclic) bond motifs is 1. The van der Waals surface area contributed by atoms with Crippen molar-refractivity contribution in [3.63, 3.8) is 0 Å². The van der Waals surface area contributed by atoms with Gasteiger partial charge < -0.3 is 5.73 Å². The molecule has 0 bridgehead atoms. The minimum atomic E-state index is 0.282. The number of unbranched alkanes of at least 4 members (excludes halogenated alkanes) is 1. The SMILES string of the molecule is CCCCc1nc(SCc2cccc3ccccc23)nc(N)c1C#N. The van der Waals surface area contributed by atoms with E-state index < -0.39 is 0 Å². The van der Waals surface area contributed by atoms with Crippen LogP contribution in [-0.2, 0) is 12.2 Å². The van der Waals surface area contributed by atoms with Crippen molar-refractivity contribution >= 4 is 28.4 Å². The number of nitrogens with zero attached hydrogens (tertiary/aromatic N) is 3. The molecule has 0 fully saturated rings. The monoisotopic (exact) mass is 348 g/mol. The number of nitrogen functional groups attached to an aromatic ring is 1. The van der Waals surface area contributed by atoms with Crippen LogP contribution in [0.15, 0.2) is 47.6 Å². The smallest absolute Gasteiger partial charge is 0.190 e. The molecule has 2 aromatic carbocycles. The Hall–Kier alpha value is -2.58. The van der Waals surface area contributed by atoms with Gasteiger partial charge in [0, 0.05) is 5.75 Å². The third-order valence-corrected chi connectivity index (χ3v) is 5.00. The van der Waals surface area contributed by atoms with Crippen molar-refractivity contribution in [1.29, 1.82) is 5.26 Å². The van der Waals surface area contributed by atoms with E-state index in [0.717, 1.165) is 30.7 Å². The van der Waals surface area contributed by atoms with Crippen LogP contribution >= 0.6 is 11.8 Å². The summed E-state index contributed by atoms with van der Waals surface area (Å²) in [6.07, 6.45) is 2.79. The van der Waals surface area contributed by atoms with Gasteiger partial charge in [0.25, 0.3) is 0 Å². The number of rotatable bonds is 6. The van der Waals surface area contributed by atoms with E-state index in [1.165, 1.54) is 16.3 Å². The highest BCUT2D eigenvalue weighted by Gasteiger charge is 2.13. The van der Waals surface area contributed by atoms with Gasteiger partial charge in [0.2, 0.25) is 0 Å². The van der Waals surface area contributed by atoms with Gasteiger partial charge in [-0.25, -0.2) is 9.97 Å². The number of hydrogen-bond acceptors (Lipinski definition) is 5. The highest BCUT2D eigenvalue weighted by Crippen LogP contribution is 2.27. The zero-order valence-electron chi connectivity index (χ0n) is 14.2. The van der Waals surface area contributed by atoms with E-state index in [9.17, 15) is 5.26 Å². The van der Waals surface area contributed by atoms with E-state index in [1.54, 1.807) is 11.8 Å². The molecule has 0 atom stereocenters. The molecule has 2 N–H and O–H groups in total. The fourth-order valence-corrected chi connectivity index (χ4v) is 3.65. The Morgan fingerprint density at radius 1 is 1.12 bits per heavy atom. The summed E-state index contributed by atoms with van der Waals surface area (Å²) in [5.41, 5.74) is 8.40. The maximum atomic E-state index is 9.30. The van der Waals surface area contributed by atoms with Gasteiger partial charge in [-0.2, -0.15) is 5.26 Å². The van der Waals surface area contributed by atoms with E-state index >= 15 is 0 Å². The Balaban J connectivity index is 1.85. The molecular formula is C20H20N4S. The van der Waals surface area contributed by atoms with Gasteiger partial charge in [-0.1, -0.05) is 67.6 Å². The molecule has 5 heteroatoms. The van der Waals surface area contributed by atoms with Crippen molar-refractivity contribution in [2.24, 2.45) is 0 Å². The minimum absolute atomic E-state index is 0.282. The van der Waals surface area contributed by atoms with Crippen molar-refractivity contribution in [1.82, 2.24) is 9.97 Å². The first-order chi connectivity index (χ1) is 12.2. The van der Waals surface area contributed by atoms with Crippen LogP contribution in [0.2, 0.25) is 0 Å². The van der Waals surface area contributed by atoms with Crippen molar-refractivity contribution in [2.45, 2.75) is 37.1 Å². The van der Waals surface area contributed by atoms with E-state index in [0.29, 0.717) is 10.7 Å². The van der Waals surface area contributed by atoms with Gasteiger partial charge in [-0.3, -0.25) is 0 Å². The second kappa shape index (κ2) is 8.00. The van der Waals surface area contributed by atoms with Gasteiger partial charge in [0.05, 0.1) is 5.69 Å². The maximum absolute atomic E-state index is 9.30.